The van der Waals surface area contributed by atoms with Gasteiger partial charge in [0.15, 0.2) is 11.6 Å². The highest BCUT2D eigenvalue weighted by Gasteiger charge is 2.23. The molecule has 0 radical (unpaired) electrons. The Labute approximate surface area is 285 Å². The molecule has 4 aromatic heterocycles. The first-order chi connectivity index (χ1) is 24.8. The summed E-state index contributed by atoms with van der Waals surface area (Å²) in [6, 6.07) is 50.0. The van der Waals surface area contributed by atoms with Gasteiger partial charge < -0.3 is 4.42 Å². The molecule has 0 fully saturated rings. The number of aromatic nitrogens is 5. The van der Waals surface area contributed by atoms with Gasteiger partial charge in [0.25, 0.3) is 0 Å². The van der Waals surface area contributed by atoms with E-state index in [2.05, 4.69) is 94.5 Å². The van der Waals surface area contributed by atoms with E-state index in [0.717, 1.165) is 60.7 Å². The van der Waals surface area contributed by atoms with E-state index in [-0.39, 0.29) is 0 Å². The summed E-state index contributed by atoms with van der Waals surface area (Å²) >= 11 is 0. The van der Waals surface area contributed by atoms with Gasteiger partial charge in [-0.3, -0.25) is 9.55 Å². The normalized spacial score (nSPS) is 12.0. The molecule has 7 aromatic carbocycles. The van der Waals surface area contributed by atoms with Crippen LogP contribution in [0.3, 0.4) is 0 Å². The van der Waals surface area contributed by atoms with Crippen molar-refractivity contribution in [2.45, 2.75) is 0 Å². The molecule has 0 aliphatic heterocycles. The summed E-state index contributed by atoms with van der Waals surface area (Å²) in [6.07, 6.45) is 1.81. The average molecular weight is 640 g/mol. The Kier molecular flexibility index (Phi) is 5.57. The third-order valence-corrected chi connectivity index (χ3v) is 9.86. The maximum Gasteiger partial charge on any atom is 0.238 e. The quantitative estimate of drug-likeness (QED) is 0.179. The van der Waals surface area contributed by atoms with Crippen molar-refractivity contribution in [2.24, 2.45) is 0 Å². The average Bonchev–Trinajstić information content (AvgIpc) is 3.75. The van der Waals surface area contributed by atoms with Crippen LogP contribution in [0.4, 0.5) is 0 Å². The van der Waals surface area contributed by atoms with Crippen molar-refractivity contribution in [3.05, 3.63) is 152 Å². The summed E-state index contributed by atoms with van der Waals surface area (Å²) in [7, 11) is 0. The van der Waals surface area contributed by atoms with E-state index in [1.807, 2.05) is 66.9 Å². The highest BCUT2D eigenvalue weighted by molar-refractivity contribution is 6.39. The van der Waals surface area contributed by atoms with Gasteiger partial charge in [-0.1, -0.05) is 103 Å². The maximum absolute atomic E-state index is 6.37. The lowest BCUT2D eigenvalue weighted by Crippen LogP contribution is -2.06. The molecule has 0 unspecified atom stereocenters. The molecule has 0 aliphatic carbocycles. The number of hydrogen-bond donors (Lipinski definition) is 0. The Morgan fingerprint density at radius 1 is 0.420 bits per heavy atom. The number of fused-ring (bicyclic) bond motifs is 7. The Morgan fingerprint density at radius 2 is 1.08 bits per heavy atom. The third-order valence-electron chi connectivity index (χ3n) is 9.86. The topological polar surface area (TPSA) is 69.6 Å². The Balaban J connectivity index is 1.24. The SMILES string of the molecule is c1ccc(-c2nc(-c3cccc(-c4ccccn4)c3)nc(-n3c4ccccc4c4c5c(ccc43)c3cccc4oc6cccc5c6c43)n2)cc1. The summed E-state index contributed by atoms with van der Waals surface area (Å²) in [4.78, 5) is 20.0. The zero-order valence-electron chi connectivity index (χ0n) is 26.6. The molecular weight excluding hydrogens is 615 g/mol. The molecule has 0 saturated carbocycles. The van der Waals surface area contributed by atoms with E-state index < -0.39 is 0 Å². The predicted octanol–water partition coefficient (Wildman–Crippen LogP) is 11.0. The number of furan rings is 1. The lowest BCUT2D eigenvalue weighted by Gasteiger charge is -2.12. The highest BCUT2D eigenvalue weighted by Crippen LogP contribution is 2.46. The molecule has 11 rings (SSSR count). The molecule has 0 saturated heterocycles. The first kappa shape index (κ1) is 27.1. The molecule has 0 aliphatic rings. The number of hydrogen-bond acceptors (Lipinski definition) is 5. The second-order valence-corrected chi connectivity index (χ2v) is 12.6. The van der Waals surface area contributed by atoms with Crippen LogP contribution >= 0.6 is 0 Å². The Morgan fingerprint density at radius 3 is 1.92 bits per heavy atom. The first-order valence-corrected chi connectivity index (χ1v) is 16.6. The van der Waals surface area contributed by atoms with Crippen LogP contribution in [0, 0.1) is 0 Å². The van der Waals surface area contributed by atoms with Crippen LogP contribution in [-0.4, -0.2) is 24.5 Å². The molecule has 0 spiro atoms. The van der Waals surface area contributed by atoms with Crippen molar-refractivity contribution in [1.29, 1.82) is 0 Å². The molecule has 6 nitrogen and oxygen atoms in total. The second-order valence-electron chi connectivity index (χ2n) is 12.6. The molecule has 11 aromatic rings. The van der Waals surface area contributed by atoms with E-state index in [0.29, 0.717) is 17.6 Å². The second kappa shape index (κ2) is 10.3. The number of rotatable bonds is 4. The summed E-state index contributed by atoms with van der Waals surface area (Å²) in [5.41, 5.74) is 7.57. The molecule has 6 heteroatoms. The zero-order valence-corrected chi connectivity index (χ0v) is 26.6. The van der Waals surface area contributed by atoms with Crippen molar-refractivity contribution in [1.82, 2.24) is 24.5 Å². The molecule has 50 heavy (non-hydrogen) atoms. The van der Waals surface area contributed by atoms with Crippen molar-refractivity contribution in [3.63, 3.8) is 0 Å². The van der Waals surface area contributed by atoms with Crippen LogP contribution in [0.2, 0.25) is 0 Å². The summed E-state index contributed by atoms with van der Waals surface area (Å²) in [6.45, 7) is 0. The standard InChI is InChI=1S/C44H25N5O/c1-2-11-26(12-3-1)42-46-43(28-14-8-13-27(25-28)33-18-6-7-24-45-33)48-44(47-42)49-34-19-5-4-15-31(34)39-35(49)23-22-30-29-16-9-20-36-40(29)41-32(38(30)39)17-10-21-37(41)50-36/h1-25H. The molecule has 0 N–H and O–H groups in total. The van der Waals surface area contributed by atoms with Gasteiger partial charge in [-0.2, -0.15) is 9.97 Å². The lowest BCUT2D eigenvalue weighted by molar-refractivity contribution is 0.669. The third kappa shape index (κ3) is 3.84. The van der Waals surface area contributed by atoms with Gasteiger partial charge in [-0.15, -0.1) is 0 Å². The van der Waals surface area contributed by atoms with E-state index in [4.69, 9.17) is 19.4 Å². The Bertz CT molecular complexity index is 3090. The van der Waals surface area contributed by atoms with Crippen molar-refractivity contribution >= 4 is 65.3 Å². The van der Waals surface area contributed by atoms with Crippen LogP contribution in [-0.2, 0) is 0 Å². The monoisotopic (exact) mass is 639 g/mol. The number of pyridine rings is 1. The van der Waals surface area contributed by atoms with Crippen LogP contribution in [0.15, 0.2) is 156 Å². The van der Waals surface area contributed by atoms with Crippen LogP contribution in [0.1, 0.15) is 0 Å². The first-order valence-electron chi connectivity index (χ1n) is 16.6. The molecule has 4 heterocycles. The van der Waals surface area contributed by atoms with Crippen molar-refractivity contribution < 1.29 is 4.42 Å². The van der Waals surface area contributed by atoms with Gasteiger partial charge in [-0.25, -0.2) is 4.98 Å². The van der Waals surface area contributed by atoms with Crippen molar-refractivity contribution in [3.8, 4) is 40.0 Å². The molecule has 0 amide bonds. The maximum atomic E-state index is 6.37. The van der Waals surface area contributed by atoms with Gasteiger partial charge >= 0.3 is 0 Å². The van der Waals surface area contributed by atoms with Crippen LogP contribution in [0.5, 0.6) is 0 Å². The minimum absolute atomic E-state index is 0.559. The van der Waals surface area contributed by atoms with Gasteiger partial charge in [0.1, 0.15) is 11.2 Å². The van der Waals surface area contributed by atoms with E-state index in [1.165, 1.54) is 26.9 Å². The number of para-hydroxylation sites is 1. The van der Waals surface area contributed by atoms with E-state index in [1.54, 1.807) is 0 Å². The van der Waals surface area contributed by atoms with Crippen LogP contribution in [0.25, 0.3) is 105 Å². The van der Waals surface area contributed by atoms with E-state index >= 15 is 0 Å². The van der Waals surface area contributed by atoms with Gasteiger partial charge in [0, 0.05) is 49.8 Å². The fourth-order valence-electron chi connectivity index (χ4n) is 7.74. The van der Waals surface area contributed by atoms with Gasteiger partial charge in [0.05, 0.1) is 16.7 Å². The van der Waals surface area contributed by atoms with Gasteiger partial charge in [0.2, 0.25) is 5.95 Å². The number of nitrogens with zero attached hydrogens (tertiary/aromatic N) is 5. The Hall–Kier alpha value is -6.92. The summed E-state index contributed by atoms with van der Waals surface area (Å²) in [5.74, 6) is 1.76. The highest BCUT2D eigenvalue weighted by atomic mass is 16.3. The summed E-state index contributed by atoms with van der Waals surface area (Å²) < 4.78 is 8.56. The smallest absolute Gasteiger partial charge is 0.238 e. The lowest BCUT2D eigenvalue weighted by atomic mass is 9.92. The number of benzene rings is 7. The fraction of sp³-hybridized carbons (Fsp3) is 0. The van der Waals surface area contributed by atoms with Crippen LogP contribution < -0.4 is 0 Å². The minimum Gasteiger partial charge on any atom is -0.456 e. The predicted molar refractivity (Wildman–Crippen MR) is 202 cm³/mol. The van der Waals surface area contributed by atoms with Gasteiger partial charge in [-0.05, 0) is 58.6 Å². The molecule has 0 bridgehead atoms. The molecular formula is C44H25N5O. The molecule has 0 atom stereocenters. The van der Waals surface area contributed by atoms with E-state index in [9.17, 15) is 0 Å². The minimum atomic E-state index is 0.559. The summed E-state index contributed by atoms with van der Waals surface area (Å²) in [5, 5.41) is 9.40. The van der Waals surface area contributed by atoms with Crippen molar-refractivity contribution in [2.75, 3.05) is 0 Å². The fourth-order valence-corrected chi connectivity index (χ4v) is 7.74. The molecule has 232 valence electrons. The zero-order chi connectivity index (χ0) is 32.8. The largest absolute Gasteiger partial charge is 0.456 e.